The molecule has 28 heavy (non-hydrogen) atoms. The van der Waals surface area contributed by atoms with Crippen molar-refractivity contribution >= 4 is 6.09 Å². The molecule has 0 unspecified atom stereocenters. The van der Waals surface area contributed by atoms with Gasteiger partial charge >= 0.3 is 6.09 Å². The summed E-state index contributed by atoms with van der Waals surface area (Å²) in [5.74, 6) is 0. The second kappa shape index (κ2) is 11.6. The first kappa shape index (κ1) is 24.7. The van der Waals surface area contributed by atoms with Gasteiger partial charge in [0.15, 0.2) is 0 Å². The molecule has 1 aliphatic heterocycles. The molecule has 0 aromatic rings. The third-order valence-electron chi connectivity index (χ3n) is 4.87. The van der Waals surface area contributed by atoms with Crippen molar-refractivity contribution in [2.75, 3.05) is 6.61 Å². The smallest absolute Gasteiger partial charge is 0.413 e. The van der Waals surface area contributed by atoms with Crippen molar-refractivity contribution in [1.29, 1.82) is 0 Å². The van der Waals surface area contributed by atoms with E-state index in [0.717, 1.165) is 19.3 Å². The second-order valence-corrected chi connectivity index (χ2v) is 9.08. The Labute approximate surface area is 171 Å². The number of hydrogen-bond acceptors (Lipinski definition) is 4. The molecule has 162 valence electrons. The summed E-state index contributed by atoms with van der Waals surface area (Å²) in [6.07, 6.45) is 14.0. The van der Waals surface area contributed by atoms with Crippen molar-refractivity contribution in [1.82, 2.24) is 4.90 Å². The number of nitrogens with zero attached hydrogens (tertiary/aromatic N) is 1. The SMILES string of the molecule is C=CCCCCCCCC/C=C/[C@@H](O)[C@@H]1COC(C)(C)N1C(=O)OC(C)(C)C. The minimum absolute atomic E-state index is 0.294. The molecule has 1 N–H and O–H groups in total. The summed E-state index contributed by atoms with van der Waals surface area (Å²) < 4.78 is 11.3. The van der Waals surface area contributed by atoms with Gasteiger partial charge in [0.2, 0.25) is 0 Å². The fourth-order valence-corrected chi connectivity index (χ4v) is 3.37. The Morgan fingerprint density at radius 2 is 1.79 bits per heavy atom. The van der Waals surface area contributed by atoms with Crippen LogP contribution in [0.5, 0.6) is 0 Å². The zero-order chi connectivity index (χ0) is 21.2. The highest BCUT2D eigenvalue weighted by atomic mass is 16.6. The van der Waals surface area contributed by atoms with Gasteiger partial charge in [0.25, 0.3) is 0 Å². The van der Waals surface area contributed by atoms with Crippen molar-refractivity contribution in [2.24, 2.45) is 0 Å². The largest absolute Gasteiger partial charge is 0.444 e. The molecular formula is C23H41NO4. The van der Waals surface area contributed by atoms with Crippen molar-refractivity contribution < 1.29 is 19.4 Å². The third kappa shape index (κ3) is 8.78. The Hall–Kier alpha value is -1.33. The van der Waals surface area contributed by atoms with Gasteiger partial charge in [0.05, 0.1) is 18.8 Å². The molecular weight excluding hydrogens is 354 g/mol. The molecule has 0 bridgehead atoms. The summed E-state index contributed by atoms with van der Waals surface area (Å²) >= 11 is 0. The van der Waals surface area contributed by atoms with Crippen LogP contribution < -0.4 is 0 Å². The normalized spacial score (nSPS) is 20.5. The molecule has 0 spiro atoms. The number of aliphatic hydroxyl groups is 1. The van der Waals surface area contributed by atoms with Crippen LogP contribution in [0.2, 0.25) is 0 Å². The number of carbonyl (C=O) groups excluding carboxylic acids is 1. The lowest BCUT2D eigenvalue weighted by molar-refractivity contribution is -0.0661. The van der Waals surface area contributed by atoms with Gasteiger partial charge in [-0.1, -0.05) is 43.9 Å². The Morgan fingerprint density at radius 1 is 1.21 bits per heavy atom. The molecule has 1 amide bonds. The fourth-order valence-electron chi connectivity index (χ4n) is 3.37. The first-order chi connectivity index (χ1) is 13.1. The predicted octanol–water partition coefficient (Wildman–Crippen LogP) is 5.58. The monoisotopic (exact) mass is 395 g/mol. The van der Waals surface area contributed by atoms with Crippen molar-refractivity contribution in [3.05, 3.63) is 24.8 Å². The number of hydrogen-bond donors (Lipinski definition) is 1. The van der Waals surface area contributed by atoms with Crippen molar-refractivity contribution in [2.45, 2.75) is 109 Å². The van der Waals surface area contributed by atoms with E-state index in [2.05, 4.69) is 6.58 Å². The molecule has 0 saturated carbocycles. The van der Waals surface area contributed by atoms with Crippen LogP contribution in [0, 0.1) is 0 Å². The highest BCUT2D eigenvalue weighted by molar-refractivity contribution is 5.70. The number of carbonyl (C=O) groups is 1. The molecule has 1 aliphatic rings. The summed E-state index contributed by atoms with van der Waals surface area (Å²) in [6, 6.07) is -0.439. The zero-order valence-corrected chi connectivity index (χ0v) is 18.6. The van der Waals surface area contributed by atoms with Gasteiger partial charge < -0.3 is 14.6 Å². The fraction of sp³-hybridized carbons (Fsp3) is 0.783. The van der Waals surface area contributed by atoms with Crippen molar-refractivity contribution in [3.63, 3.8) is 0 Å². The highest BCUT2D eigenvalue weighted by Crippen LogP contribution is 2.31. The summed E-state index contributed by atoms with van der Waals surface area (Å²) in [7, 11) is 0. The van der Waals surface area contributed by atoms with Crippen LogP contribution in [0.25, 0.3) is 0 Å². The number of rotatable bonds is 11. The maximum absolute atomic E-state index is 12.6. The number of amides is 1. The van der Waals surface area contributed by atoms with Gasteiger partial charge in [-0.25, -0.2) is 4.79 Å². The molecule has 0 radical (unpaired) electrons. The van der Waals surface area contributed by atoms with Gasteiger partial charge in [0.1, 0.15) is 11.3 Å². The van der Waals surface area contributed by atoms with E-state index in [1.54, 1.807) is 6.08 Å². The number of unbranched alkanes of at least 4 members (excludes halogenated alkanes) is 7. The van der Waals surface area contributed by atoms with Crippen LogP contribution in [-0.4, -0.2) is 46.2 Å². The van der Waals surface area contributed by atoms with E-state index in [1.165, 1.54) is 37.0 Å². The summed E-state index contributed by atoms with van der Waals surface area (Å²) in [4.78, 5) is 14.1. The second-order valence-electron chi connectivity index (χ2n) is 9.08. The minimum atomic E-state index is -0.798. The Balaban J connectivity index is 2.42. The van der Waals surface area contributed by atoms with Crippen LogP contribution in [0.1, 0.15) is 86.0 Å². The molecule has 1 heterocycles. The van der Waals surface area contributed by atoms with Crippen LogP contribution in [0.15, 0.2) is 24.8 Å². The summed E-state index contributed by atoms with van der Waals surface area (Å²) in [5, 5.41) is 10.6. The average molecular weight is 396 g/mol. The zero-order valence-electron chi connectivity index (χ0n) is 18.6. The molecule has 1 fully saturated rings. The van der Waals surface area contributed by atoms with E-state index < -0.39 is 29.6 Å². The minimum Gasteiger partial charge on any atom is -0.444 e. The van der Waals surface area contributed by atoms with E-state index in [1.807, 2.05) is 46.8 Å². The molecule has 1 saturated heterocycles. The molecule has 1 rings (SSSR count). The van der Waals surface area contributed by atoms with Crippen LogP contribution in [0.4, 0.5) is 4.79 Å². The van der Waals surface area contributed by atoms with Crippen LogP contribution in [-0.2, 0) is 9.47 Å². The lowest BCUT2D eigenvalue weighted by atomic mass is 10.1. The van der Waals surface area contributed by atoms with E-state index in [-0.39, 0.29) is 0 Å². The van der Waals surface area contributed by atoms with E-state index in [9.17, 15) is 9.90 Å². The van der Waals surface area contributed by atoms with E-state index in [4.69, 9.17) is 9.47 Å². The van der Waals surface area contributed by atoms with Crippen molar-refractivity contribution in [3.8, 4) is 0 Å². The Kier molecular flexibility index (Phi) is 10.3. The first-order valence-corrected chi connectivity index (χ1v) is 10.7. The quantitative estimate of drug-likeness (QED) is 0.366. The average Bonchev–Trinajstić information content (AvgIpc) is 2.90. The topological polar surface area (TPSA) is 59.0 Å². The highest BCUT2D eigenvalue weighted by Gasteiger charge is 2.47. The standard InChI is InChI=1S/C23H41NO4/c1-7-8-9-10-11-12-13-14-15-16-17-20(25)19-18-27-23(5,6)24(19)21(26)28-22(2,3)4/h7,16-17,19-20,25H,1,8-15,18H2,2-6H3/b17-16+/t19-,20+/m0/s1. The summed E-state index contributed by atoms with van der Waals surface area (Å²) in [6.45, 7) is 13.2. The Morgan fingerprint density at radius 3 is 2.36 bits per heavy atom. The van der Waals surface area contributed by atoms with Gasteiger partial charge in [-0.05, 0) is 60.3 Å². The van der Waals surface area contributed by atoms with E-state index in [0.29, 0.717) is 6.61 Å². The van der Waals surface area contributed by atoms with Gasteiger partial charge in [-0.15, -0.1) is 6.58 Å². The first-order valence-electron chi connectivity index (χ1n) is 10.7. The number of aliphatic hydroxyl groups excluding tert-OH is 1. The lowest BCUT2D eigenvalue weighted by Gasteiger charge is -2.36. The molecule has 5 nitrogen and oxygen atoms in total. The van der Waals surface area contributed by atoms with Gasteiger partial charge in [-0.3, -0.25) is 4.90 Å². The maximum Gasteiger partial charge on any atom is 0.413 e. The van der Waals surface area contributed by atoms with Crippen LogP contribution in [0.3, 0.4) is 0 Å². The molecule has 5 heteroatoms. The Bertz CT molecular complexity index is 507. The molecule has 0 aromatic heterocycles. The number of allylic oxidation sites excluding steroid dienone is 2. The molecule has 0 aliphatic carbocycles. The third-order valence-corrected chi connectivity index (χ3v) is 4.87. The van der Waals surface area contributed by atoms with Gasteiger partial charge in [-0.2, -0.15) is 0 Å². The summed E-state index contributed by atoms with van der Waals surface area (Å²) in [5.41, 5.74) is -1.39. The predicted molar refractivity (Wildman–Crippen MR) is 114 cm³/mol. The van der Waals surface area contributed by atoms with Crippen LogP contribution >= 0.6 is 0 Å². The van der Waals surface area contributed by atoms with Gasteiger partial charge in [0, 0.05) is 0 Å². The molecule has 2 atom stereocenters. The molecule has 0 aromatic carbocycles. The lowest BCUT2D eigenvalue weighted by Crippen LogP contribution is -2.53. The number of ether oxygens (including phenoxy) is 2. The maximum atomic E-state index is 12.6. The van der Waals surface area contributed by atoms with E-state index >= 15 is 0 Å².